The lowest BCUT2D eigenvalue weighted by Crippen LogP contribution is -2.08. The topological polar surface area (TPSA) is 52.6 Å². The number of benzene rings is 1. The Morgan fingerprint density at radius 3 is 2.26 bits per heavy atom. The van der Waals surface area contributed by atoms with Gasteiger partial charge in [0, 0.05) is 10.1 Å². The zero-order valence-electron chi connectivity index (χ0n) is 11.2. The Hall–Kier alpha value is -1.88. The number of esters is 2. The van der Waals surface area contributed by atoms with Crippen LogP contribution in [0.4, 0.5) is 0 Å². The Balaban J connectivity index is 2.85. The van der Waals surface area contributed by atoms with Gasteiger partial charge in [-0.05, 0) is 25.5 Å². The van der Waals surface area contributed by atoms with Crippen molar-refractivity contribution in [2.75, 3.05) is 14.2 Å². The lowest BCUT2D eigenvalue weighted by Gasteiger charge is -2.02. The molecule has 0 saturated carbocycles. The van der Waals surface area contributed by atoms with Crippen LogP contribution in [0.1, 0.15) is 31.2 Å². The Kier molecular flexibility index (Phi) is 3.57. The van der Waals surface area contributed by atoms with Crippen LogP contribution in [0.25, 0.3) is 10.1 Å². The molecular weight excluding hydrogens is 264 g/mol. The highest BCUT2D eigenvalue weighted by Gasteiger charge is 2.25. The summed E-state index contributed by atoms with van der Waals surface area (Å²) < 4.78 is 10.4. The molecule has 0 radical (unpaired) electrons. The molecule has 0 aliphatic rings. The van der Waals surface area contributed by atoms with E-state index in [0.717, 1.165) is 21.2 Å². The Bertz CT molecular complexity index is 670. The average molecular weight is 278 g/mol. The molecule has 0 amide bonds. The number of methoxy groups -OCH3 is 2. The number of hydrogen-bond donors (Lipinski definition) is 0. The standard InChI is InChI=1S/C14H14O4S/c1-7-5-8(2)11-9(6-7)10(13(15)17-3)12(19-11)14(16)18-4/h5-6H,1-4H3. The summed E-state index contributed by atoms with van der Waals surface area (Å²) in [5, 5.41) is 0.745. The van der Waals surface area contributed by atoms with Crippen LogP contribution >= 0.6 is 11.3 Å². The number of fused-ring (bicyclic) bond motifs is 1. The summed E-state index contributed by atoms with van der Waals surface area (Å²) in [4.78, 5) is 24.0. The molecule has 0 bridgehead atoms. The normalized spacial score (nSPS) is 10.5. The third-order valence-electron chi connectivity index (χ3n) is 2.88. The summed E-state index contributed by atoms with van der Waals surface area (Å²) in [6.07, 6.45) is 0. The second-order valence-electron chi connectivity index (χ2n) is 4.25. The minimum absolute atomic E-state index is 0.290. The van der Waals surface area contributed by atoms with E-state index in [1.165, 1.54) is 25.6 Å². The number of hydrogen-bond acceptors (Lipinski definition) is 5. The largest absolute Gasteiger partial charge is 0.465 e. The molecule has 0 N–H and O–H groups in total. The molecule has 4 nitrogen and oxygen atoms in total. The van der Waals surface area contributed by atoms with Crippen molar-refractivity contribution >= 4 is 33.4 Å². The summed E-state index contributed by atoms with van der Waals surface area (Å²) >= 11 is 1.26. The summed E-state index contributed by atoms with van der Waals surface area (Å²) in [7, 11) is 2.60. The number of aryl methyl sites for hydroxylation is 2. The fourth-order valence-electron chi connectivity index (χ4n) is 2.09. The van der Waals surface area contributed by atoms with Crippen LogP contribution in [0.15, 0.2) is 12.1 Å². The maximum Gasteiger partial charge on any atom is 0.348 e. The van der Waals surface area contributed by atoms with Gasteiger partial charge in [0.25, 0.3) is 0 Å². The molecule has 100 valence electrons. The van der Waals surface area contributed by atoms with Crippen molar-refractivity contribution in [3.05, 3.63) is 33.7 Å². The van der Waals surface area contributed by atoms with Gasteiger partial charge in [-0.3, -0.25) is 0 Å². The second-order valence-corrected chi connectivity index (χ2v) is 5.27. The zero-order valence-corrected chi connectivity index (χ0v) is 12.0. The number of thiophene rings is 1. The van der Waals surface area contributed by atoms with E-state index >= 15 is 0 Å². The van der Waals surface area contributed by atoms with Crippen LogP contribution in [-0.4, -0.2) is 26.2 Å². The van der Waals surface area contributed by atoms with Crippen LogP contribution < -0.4 is 0 Å². The molecule has 0 unspecified atom stereocenters. The predicted molar refractivity (Wildman–Crippen MR) is 74.0 cm³/mol. The molecular formula is C14H14O4S. The van der Waals surface area contributed by atoms with Crippen molar-refractivity contribution in [2.24, 2.45) is 0 Å². The Labute approximate surface area is 114 Å². The van der Waals surface area contributed by atoms with E-state index < -0.39 is 11.9 Å². The van der Waals surface area contributed by atoms with Gasteiger partial charge in [-0.25, -0.2) is 9.59 Å². The van der Waals surface area contributed by atoms with Crippen LogP contribution in [0, 0.1) is 13.8 Å². The minimum atomic E-state index is -0.517. The van der Waals surface area contributed by atoms with Gasteiger partial charge in [-0.2, -0.15) is 0 Å². The smallest absolute Gasteiger partial charge is 0.348 e. The molecule has 19 heavy (non-hydrogen) atoms. The van der Waals surface area contributed by atoms with Gasteiger partial charge in [-0.1, -0.05) is 11.6 Å². The molecule has 1 aromatic heterocycles. The van der Waals surface area contributed by atoms with Crippen molar-refractivity contribution in [3.63, 3.8) is 0 Å². The fourth-order valence-corrected chi connectivity index (χ4v) is 3.25. The van der Waals surface area contributed by atoms with Gasteiger partial charge in [-0.15, -0.1) is 11.3 Å². The number of ether oxygens (including phenoxy) is 2. The average Bonchev–Trinajstić information content (AvgIpc) is 2.76. The third kappa shape index (κ3) is 2.21. The minimum Gasteiger partial charge on any atom is -0.465 e. The molecule has 0 spiro atoms. The van der Waals surface area contributed by atoms with E-state index in [1.807, 2.05) is 26.0 Å². The molecule has 1 heterocycles. The highest BCUT2D eigenvalue weighted by Crippen LogP contribution is 2.35. The monoisotopic (exact) mass is 278 g/mol. The molecule has 1 aromatic carbocycles. The van der Waals surface area contributed by atoms with Crippen molar-refractivity contribution < 1.29 is 19.1 Å². The van der Waals surface area contributed by atoms with Gasteiger partial charge < -0.3 is 9.47 Å². The van der Waals surface area contributed by atoms with Gasteiger partial charge >= 0.3 is 11.9 Å². The second kappa shape index (κ2) is 5.01. The first kappa shape index (κ1) is 13.5. The molecule has 0 saturated heterocycles. The molecule has 0 aliphatic heterocycles. The highest BCUT2D eigenvalue weighted by molar-refractivity contribution is 7.21. The molecule has 2 rings (SSSR count). The van der Waals surface area contributed by atoms with Gasteiger partial charge in [0.05, 0.1) is 19.8 Å². The van der Waals surface area contributed by atoms with E-state index in [1.54, 1.807) is 0 Å². The SMILES string of the molecule is COC(=O)c1sc2c(C)cc(C)cc2c1C(=O)OC. The zero-order chi connectivity index (χ0) is 14.2. The predicted octanol–water partition coefficient (Wildman–Crippen LogP) is 3.09. The van der Waals surface area contributed by atoms with Crippen LogP contribution in [0.2, 0.25) is 0 Å². The maximum atomic E-state index is 11.9. The molecule has 0 fully saturated rings. The van der Waals surface area contributed by atoms with Crippen molar-refractivity contribution in [1.29, 1.82) is 0 Å². The van der Waals surface area contributed by atoms with Crippen LogP contribution in [0.3, 0.4) is 0 Å². The Morgan fingerprint density at radius 1 is 1.05 bits per heavy atom. The first-order chi connectivity index (χ1) is 8.99. The number of rotatable bonds is 2. The first-order valence-electron chi connectivity index (χ1n) is 5.70. The molecule has 5 heteroatoms. The Morgan fingerprint density at radius 2 is 1.68 bits per heavy atom. The maximum absolute atomic E-state index is 11.9. The summed E-state index contributed by atoms with van der Waals surface area (Å²) in [6.45, 7) is 3.90. The quantitative estimate of drug-likeness (QED) is 0.792. The summed E-state index contributed by atoms with van der Waals surface area (Å²) in [5.41, 5.74) is 2.35. The van der Waals surface area contributed by atoms with E-state index in [-0.39, 0.29) is 4.88 Å². The lowest BCUT2D eigenvalue weighted by atomic mass is 10.0. The van der Waals surface area contributed by atoms with Crippen molar-refractivity contribution in [3.8, 4) is 0 Å². The van der Waals surface area contributed by atoms with E-state index in [9.17, 15) is 9.59 Å². The van der Waals surface area contributed by atoms with Crippen LogP contribution in [-0.2, 0) is 9.47 Å². The number of carbonyl (C=O) groups is 2. The molecule has 2 aromatic rings. The van der Waals surface area contributed by atoms with Gasteiger partial charge in [0.2, 0.25) is 0 Å². The van der Waals surface area contributed by atoms with E-state index in [4.69, 9.17) is 9.47 Å². The highest BCUT2D eigenvalue weighted by atomic mass is 32.1. The van der Waals surface area contributed by atoms with E-state index in [0.29, 0.717) is 5.56 Å². The van der Waals surface area contributed by atoms with Crippen molar-refractivity contribution in [1.82, 2.24) is 0 Å². The molecule has 0 aliphatic carbocycles. The first-order valence-corrected chi connectivity index (χ1v) is 6.51. The number of carbonyl (C=O) groups excluding carboxylic acids is 2. The van der Waals surface area contributed by atoms with Crippen LogP contribution in [0.5, 0.6) is 0 Å². The molecule has 0 atom stereocenters. The van der Waals surface area contributed by atoms with Crippen molar-refractivity contribution in [2.45, 2.75) is 13.8 Å². The lowest BCUT2D eigenvalue weighted by molar-refractivity contribution is 0.0561. The summed E-state index contributed by atoms with van der Waals surface area (Å²) in [6, 6.07) is 3.90. The third-order valence-corrected chi connectivity index (χ3v) is 4.20. The summed E-state index contributed by atoms with van der Waals surface area (Å²) in [5.74, 6) is -1.03. The van der Waals surface area contributed by atoms with Gasteiger partial charge in [0.1, 0.15) is 4.88 Å². The van der Waals surface area contributed by atoms with E-state index in [2.05, 4.69) is 0 Å². The fraction of sp³-hybridized carbons (Fsp3) is 0.286. The van der Waals surface area contributed by atoms with Gasteiger partial charge in [0.15, 0.2) is 0 Å².